The van der Waals surface area contributed by atoms with E-state index in [1.54, 1.807) is 24.3 Å². The van der Waals surface area contributed by atoms with E-state index in [9.17, 15) is 13.2 Å². The van der Waals surface area contributed by atoms with Crippen LogP contribution < -0.4 is 19.5 Å². The van der Waals surface area contributed by atoms with Crippen molar-refractivity contribution in [1.82, 2.24) is 4.31 Å². The number of hydrogen-bond donors (Lipinski definition) is 1. The number of rotatable bonds is 5. The van der Waals surface area contributed by atoms with Crippen LogP contribution in [0.1, 0.15) is 62.2 Å². The number of methoxy groups -OCH3 is 1. The highest BCUT2D eigenvalue weighted by Gasteiger charge is 2.44. The fraction of sp³-hybridized carbons (Fsp3) is 0.480. The minimum absolute atomic E-state index is 0.00487. The summed E-state index contributed by atoms with van der Waals surface area (Å²) in [5.74, 6) is 0.514. The van der Waals surface area contributed by atoms with Crippen LogP contribution in [-0.4, -0.2) is 44.1 Å². The molecule has 1 amide bonds. The third-order valence-corrected chi connectivity index (χ3v) is 8.95. The number of anilines is 1. The fourth-order valence-electron chi connectivity index (χ4n) is 5.07. The Morgan fingerprint density at radius 1 is 1.06 bits per heavy atom. The van der Waals surface area contributed by atoms with Crippen LogP contribution in [0.4, 0.5) is 5.69 Å². The Morgan fingerprint density at radius 2 is 1.82 bits per heavy atom. The predicted molar refractivity (Wildman–Crippen MR) is 127 cm³/mol. The van der Waals surface area contributed by atoms with Gasteiger partial charge < -0.3 is 19.5 Å². The van der Waals surface area contributed by atoms with E-state index in [0.29, 0.717) is 23.7 Å². The second-order valence-corrected chi connectivity index (χ2v) is 11.1. The molecule has 182 valence electrons. The largest absolute Gasteiger partial charge is 0.495 e. The van der Waals surface area contributed by atoms with E-state index in [-0.39, 0.29) is 22.3 Å². The van der Waals surface area contributed by atoms with E-state index in [4.69, 9.17) is 14.2 Å². The highest BCUT2D eigenvalue weighted by atomic mass is 32.2. The number of ether oxygens (including phenoxy) is 3. The van der Waals surface area contributed by atoms with Crippen LogP contribution in [0.15, 0.2) is 41.3 Å². The van der Waals surface area contributed by atoms with Gasteiger partial charge in [0, 0.05) is 42.7 Å². The lowest BCUT2D eigenvalue weighted by Gasteiger charge is -2.32. The Morgan fingerprint density at radius 3 is 2.56 bits per heavy atom. The number of piperidine rings is 1. The highest BCUT2D eigenvalue weighted by Crippen LogP contribution is 2.47. The third-order valence-electron chi connectivity index (χ3n) is 6.91. The van der Waals surface area contributed by atoms with E-state index in [1.807, 2.05) is 6.92 Å². The first-order valence-corrected chi connectivity index (χ1v) is 13.3. The third kappa shape index (κ3) is 4.11. The monoisotopic (exact) mass is 486 g/mol. The minimum atomic E-state index is -3.81. The average Bonchev–Trinajstić information content (AvgIpc) is 3.43. The first-order chi connectivity index (χ1) is 16.3. The predicted octanol–water partition coefficient (Wildman–Crippen LogP) is 4.55. The Kier molecular flexibility index (Phi) is 5.93. The van der Waals surface area contributed by atoms with Crippen LogP contribution in [-0.2, 0) is 10.0 Å². The standard InChI is InChI=1S/C25H30N2O6S/c1-17-7-3-6-14-27(17)34(29,30)23-15-18(8-10-21(23)31-2)24(28)26-19-9-11-20-22(16-19)33-25(32-20)12-4-5-13-25/h8-11,15-17H,3-7,12-14H2,1-2H3,(H,26,28)/t17-/m1/s1. The molecule has 0 radical (unpaired) electrons. The van der Waals surface area contributed by atoms with Gasteiger partial charge in [-0.1, -0.05) is 6.42 Å². The lowest BCUT2D eigenvalue weighted by atomic mass is 10.1. The molecule has 1 saturated carbocycles. The number of carbonyl (C=O) groups is 1. The van der Waals surface area contributed by atoms with Gasteiger partial charge in [-0.25, -0.2) is 8.42 Å². The molecule has 0 bridgehead atoms. The van der Waals surface area contributed by atoms with E-state index < -0.39 is 21.7 Å². The second-order valence-electron chi connectivity index (χ2n) is 9.26. The van der Waals surface area contributed by atoms with Crippen molar-refractivity contribution in [3.63, 3.8) is 0 Å². The zero-order valence-corrected chi connectivity index (χ0v) is 20.3. The summed E-state index contributed by atoms with van der Waals surface area (Å²) in [6.07, 6.45) is 6.46. The van der Waals surface area contributed by atoms with Gasteiger partial charge in [-0.2, -0.15) is 4.31 Å². The summed E-state index contributed by atoms with van der Waals surface area (Å²) < 4.78 is 45.8. The molecule has 1 N–H and O–H groups in total. The molecule has 3 aliphatic rings. The van der Waals surface area contributed by atoms with Crippen molar-refractivity contribution in [2.24, 2.45) is 0 Å². The molecule has 0 unspecified atom stereocenters. The molecule has 1 saturated heterocycles. The molecule has 34 heavy (non-hydrogen) atoms. The van der Waals surface area contributed by atoms with Crippen LogP contribution >= 0.6 is 0 Å². The molecule has 9 heteroatoms. The zero-order valence-electron chi connectivity index (χ0n) is 19.5. The molecule has 2 heterocycles. The van der Waals surface area contributed by atoms with Crippen LogP contribution in [0, 0.1) is 0 Å². The van der Waals surface area contributed by atoms with Crippen LogP contribution in [0.5, 0.6) is 17.2 Å². The SMILES string of the molecule is COc1ccc(C(=O)Nc2ccc3c(c2)OC2(CCCC2)O3)cc1S(=O)(=O)N1CCCC[C@H]1C. The van der Waals surface area contributed by atoms with E-state index in [2.05, 4.69) is 5.32 Å². The van der Waals surface area contributed by atoms with Crippen molar-refractivity contribution in [3.8, 4) is 17.2 Å². The molecule has 1 aliphatic carbocycles. The summed E-state index contributed by atoms with van der Waals surface area (Å²) in [7, 11) is -2.38. The summed E-state index contributed by atoms with van der Waals surface area (Å²) in [5, 5.41) is 2.85. The molecule has 2 aromatic carbocycles. The summed E-state index contributed by atoms with van der Waals surface area (Å²) in [4.78, 5) is 13.1. The number of nitrogens with zero attached hydrogens (tertiary/aromatic N) is 1. The van der Waals surface area contributed by atoms with Gasteiger partial charge in [0.05, 0.1) is 7.11 Å². The molecule has 5 rings (SSSR count). The Labute approximate surface area is 200 Å². The quantitative estimate of drug-likeness (QED) is 0.666. The summed E-state index contributed by atoms with van der Waals surface area (Å²) in [5.41, 5.74) is 0.779. The normalized spacial score (nSPS) is 21.5. The van der Waals surface area contributed by atoms with Crippen molar-refractivity contribution in [3.05, 3.63) is 42.0 Å². The number of hydrogen-bond acceptors (Lipinski definition) is 6. The van der Waals surface area contributed by atoms with Crippen LogP contribution in [0.2, 0.25) is 0 Å². The number of nitrogens with one attached hydrogen (secondary N) is 1. The van der Waals surface area contributed by atoms with Gasteiger partial charge in [-0.15, -0.1) is 0 Å². The molecular formula is C25H30N2O6S. The lowest BCUT2D eigenvalue weighted by molar-refractivity contribution is -0.0716. The topological polar surface area (TPSA) is 94.2 Å². The summed E-state index contributed by atoms with van der Waals surface area (Å²) >= 11 is 0. The Bertz CT molecular complexity index is 1210. The smallest absolute Gasteiger partial charge is 0.255 e. The molecule has 2 aromatic rings. The van der Waals surface area contributed by atoms with Gasteiger partial charge in [0.15, 0.2) is 11.5 Å². The van der Waals surface area contributed by atoms with E-state index in [1.165, 1.54) is 23.5 Å². The maximum Gasteiger partial charge on any atom is 0.255 e. The fourth-order valence-corrected chi connectivity index (χ4v) is 6.95. The maximum atomic E-state index is 13.4. The lowest BCUT2D eigenvalue weighted by Crippen LogP contribution is -2.42. The van der Waals surface area contributed by atoms with Gasteiger partial charge in [0.25, 0.3) is 11.7 Å². The Balaban J connectivity index is 1.38. The maximum absolute atomic E-state index is 13.4. The van der Waals surface area contributed by atoms with Crippen molar-refractivity contribution in [2.75, 3.05) is 19.0 Å². The first-order valence-electron chi connectivity index (χ1n) is 11.8. The molecular weight excluding hydrogens is 456 g/mol. The number of amides is 1. The first kappa shape index (κ1) is 23.0. The number of fused-ring (bicyclic) bond motifs is 1. The minimum Gasteiger partial charge on any atom is -0.495 e. The highest BCUT2D eigenvalue weighted by molar-refractivity contribution is 7.89. The van der Waals surface area contributed by atoms with E-state index >= 15 is 0 Å². The summed E-state index contributed by atoms with van der Waals surface area (Å²) in [6.45, 7) is 2.37. The summed E-state index contributed by atoms with van der Waals surface area (Å²) in [6, 6.07) is 9.68. The molecule has 0 aromatic heterocycles. The number of sulfonamides is 1. The van der Waals surface area contributed by atoms with Crippen LogP contribution in [0.25, 0.3) is 0 Å². The second kappa shape index (κ2) is 8.78. The van der Waals surface area contributed by atoms with Crippen molar-refractivity contribution in [2.45, 2.75) is 68.6 Å². The van der Waals surface area contributed by atoms with Gasteiger partial charge >= 0.3 is 0 Å². The van der Waals surface area contributed by atoms with Gasteiger partial charge in [-0.05, 0) is 62.9 Å². The Hall–Kier alpha value is -2.78. The molecule has 1 spiro atoms. The molecule has 8 nitrogen and oxygen atoms in total. The van der Waals surface area contributed by atoms with Crippen LogP contribution in [0.3, 0.4) is 0 Å². The van der Waals surface area contributed by atoms with Gasteiger partial charge in [-0.3, -0.25) is 4.79 Å². The molecule has 2 fully saturated rings. The van der Waals surface area contributed by atoms with Gasteiger partial charge in [0.1, 0.15) is 10.6 Å². The molecule has 2 aliphatic heterocycles. The van der Waals surface area contributed by atoms with Crippen molar-refractivity contribution in [1.29, 1.82) is 0 Å². The number of carbonyl (C=O) groups excluding carboxylic acids is 1. The molecule has 1 atom stereocenters. The van der Waals surface area contributed by atoms with E-state index in [0.717, 1.165) is 44.9 Å². The number of benzene rings is 2. The van der Waals surface area contributed by atoms with Gasteiger partial charge in [0.2, 0.25) is 10.0 Å². The average molecular weight is 487 g/mol. The van der Waals surface area contributed by atoms with Crippen molar-refractivity contribution < 1.29 is 27.4 Å². The zero-order chi connectivity index (χ0) is 23.9. The van der Waals surface area contributed by atoms with Crippen molar-refractivity contribution >= 4 is 21.6 Å².